The minimum absolute atomic E-state index is 0. The van der Waals surface area contributed by atoms with Crippen molar-refractivity contribution in [3.8, 4) is 16.8 Å². The van der Waals surface area contributed by atoms with Crippen molar-refractivity contribution in [3.05, 3.63) is 85.6 Å². The minimum Gasteiger partial charge on any atom is -1.00 e. The summed E-state index contributed by atoms with van der Waals surface area (Å²) in [7, 11) is 0. The first-order valence-electron chi connectivity index (χ1n) is 7.17. The van der Waals surface area contributed by atoms with Crippen LogP contribution in [-0.2, 0) is 0 Å². The van der Waals surface area contributed by atoms with Gasteiger partial charge in [0.2, 0.25) is 5.69 Å². The summed E-state index contributed by atoms with van der Waals surface area (Å²) in [6, 6.07) is 18.6. The summed E-state index contributed by atoms with van der Waals surface area (Å²) in [5.74, 6) is 0. The Morgan fingerprint density at radius 1 is 0.739 bits per heavy atom. The van der Waals surface area contributed by atoms with Crippen LogP contribution in [0.4, 0.5) is 0 Å². The third kappa shape index (κ3) is 3.05. The molecule has 4 aromatic rings. The first-order valence-corrected chi connectivity index (χ1v) is 7.17. The van der Waals surface area contributed by atoms with Gasteiger partial charge in [0, 0.05) is 48.2 Å². The molecule has 0 aliphatic carbocycles. The third-order valence-corrected chi connectivity index (χ3v) is 3.73. The van der Waals surface area contributed by atoms with Crippen molar-refractivity contribution in [2.24, 2.45) is 0 Å². The third-order valence-electron chi connectivity index (χ3n) is 3.73. The molecule has 0 aliphatic heterocycles. The lowest BCUT2D eigenvalue weighted by Crippen LogP contribution is -3.00. The zero-order valence-corrected chi connectivity index (χ0v) is 13.1. The molecule has 0 unspecified atom stereocenters. The molecule has 0 spiro atoms. The molecule has 4 heteroatoms. The fourth-order valence-corrected chi connectivity index (χ4v) is 2.56. The molecule has 0 fully saturated rings. The molecule has 1 aromatic carbocycles. The van der Waals surface area contributed by atoms with Crippen LogP contribution in [0.2, 0.25) is 0 Å². The standard InChI is InChI=1S/C19H14N3.ClH/c1-2-17-14-18(3-4-19(17)21-9-1)22-12-7-16(8-13-22)15-5-10-20-11-6-15;/h1-14H;1H/q+1;/p-1. The van der Waals surface area contributed by atoms with Crippen molar-refractivity contribution in [2.45, 2.75) is 0 Å². The Bertz CT molecular complexity index is 922. The lowest BCUT2D eigenvalue weighted by atomic mass is 10.1. The van der Waals surface area contributed by atoms with Gasteiger partial charge in [-0.05, 0) is 35.4 Å². The molecule has 0 atom stereocenters. The molecule has 3 aromatic heterocycles. The Hall–Kier alpha value is -2.78. The molecule has 0 N–H and O–H groups in total. The van der Waals surface area contributed by atoms with Gasteiger partial charge in [-0.2, -0.15) is 4.57 Å². The number of halogens is 1. The zero-order valence-electron chi connectivity index (χ0n) is 12.3. The number of hydrogen-bond donors (Lipinski definition) is 0. The Labute approximate surface area is 140 Å². The lowest BCUT2D eigenvalue weighted by molar-refractivity contribution is -0.595. The molecule has 23 heavy (non-hydrogen) atoms. The van der Waals surface area contributed by atoms with Crippen molar-refractivity contribution in [2.75, 3.05) is 0 Å². The van der Waals surface area contributed by atoms with E-state index < -0.39 is 0 Å². The maximum absolute atomic E-state index is 4.35. The second-order valence-electron chi connectivity index (χ2n) is 5.11. The molecule has 3 nitrogen and oxygen atoms in total. The topological polar surface area (TPSA) is 29.7 Å². The highest BCUT2D eigenvalue weighted by atomic mass is 35.5. The summed E-state index contributed by atoms with van der Waals surface area (Å²) in [4.78, 5) is 8.41. The number of pyridine rings is 3. The van der Waals surface area contributed by atoms with Crippen molar-refractivity contribution >= 4 is 10.9 Å². The molecule has 3 heterocycles. The van der Waals surface area contributed by atoms with Crippen LogP contribution in [-0.4, -0.2) is 9.97 Å². The molecular formula is C19H14ClN3. The highest BCUT2D eigenvalue weighted by Gasteiger charge is 2.07. The van der Waals surface area contributed by atoms with Gasteiger partial charge in [0.25, 0.3) is 0 Å². The molecule has 0 radical (unpaired) electrons. The number of benzene rings is 1. The second kappa shape index (κ2) is 6.55. The van der Waals surface area contributed by atoms with Gasteiger partial charge in [0.15, 0.2) is 12.4 Å². The summed E-state index contributed by atoms with van der Waals surface area (Å²) in [5.41, 5.74) is 4.49. The van der Waals surface area contributed by atoms with E-state index in [-0.39, 0.29) is 12.4 Å². The summed E-state index contributed by atoms with van der Waals surface area (Å²) >= 11 is 0. The van der Waals surface area contributed by atoms with Gasteiger partial charge in [-0.25, -0.2) is 0 Å². The first kappa shape index (κ1) is 15.1. The first-order chi connectivity index (χ1) is 10.9. The van der Waals surface area contributed by atoms with E-state index in [0.29, 0.717) is 0 Å². The highest BCUT2D eigenvalue weighted by Crippen LogP contribution is 2.17. The van der Waals surface area contributed by atoms with Crippen molar-refractivity contribution < 1.29 is 17.0 Å². The van der Waals surface area contributed by atoms with Crippen molar-refractivity contribution in [1.82, 2.24) is 9.97 Å². The van der Waals surface area contributed by atoms with Crippen molar-refractivity contribution in [3.63, 3.8) is 0 Å². The summed E-state index contributed by atoms with van der Waals surface area (Å²) in [6.07, 6.45) is 9.60. The van der Waals surface area contributed by atoms with E-state index in [1.165, 1.54) is 11.1 Å². The largest absolute Gasteiger partial charge is 1.00 e. The van der Waals surface area contributed by atoms with E-state index in [2.05, 4.69) is 63.3 Å². The van der Waals surface area contributed by atoms with Gasteiger partial charge in [-0.3, -0.25) is 9.97 Å². The SMILES string of the molecule is [Cl-].c1cnc2ccc(-[n+]3ccc(-c4ccncc4)cc3)cc2c1. The molecule has 0 saturated heterocycles. The molecular weight excluding hydrogens is 306 g/mol. The maximum Gasteiger partial charge on any atom is 0.211 e. The number of aromatic nitrogens is 3. The lowest BCUT2D eigenvalue weighted by Gasteiger charge is -2.01. The number of fused-ring (bicyclic) bond motifs is 1. The second-order valence-corrected chi connectivity index (χ2v) is 5.11. The van der Waals surface area contributed by atoms with Gasteiger partial charge in [-0.15, -0.1) is 0 Å². The van der Waals surface area contributed by atoms with E-state index in [1.807, 2.05) is 36.8 Å². The normalized spacial score (nSPS) is 10.3. The fourth-order valence-electron chi connectivity index (χ4n) is 2.56. The number of hydrogen-bond acceptors (Lipinski definition) is 2. The Morgan fingerprint density at radius 2 is 1.48 bits per heavy atom. The van der Waals surface area contributed by atoms with E-state index in [1.54, 1.807) is 0 Å². The highest BCUT2D eigenvalue weighted by molar-refractivity contribution is 5.79. The van der Waals surface area contributed by atoms with Gasteiger partial charge in [0.1, 0.15) is 0 Å². The van der Waals surface area contributed by atoms with E-state index in [4.69, 9.17) is 0 Å². The molecule has 0 saturated carbocycles. The van der Waals surface area contributed by atoms with Gasteiger partial charge in [0.05, 0.1) is 5.52 Å². The smallest absolute Gasteiger partial charge is 0.211 e. The monoisotopic (exact) mass is 319 g/mol. The number of nitrogens with zero attached hydrogens (tertiary/aromatic N) is 3. The molecule has 0 bridgehead atoms. The summed E-state index contributed by atoms with van der Waals surface area (Å²) in [5, 5.41) is 1.14. The van der Waals surface area contributed by atoms with Crippen LogP contribution in [0.25, 0.3) is 27.7 Å². The quantitative estimate of drug-likeness (QED) is 0.506. The minimum atomic E-state index is 0. The maximum atomic E-state index is 4.35. The Balaban J connectivity index is 0.00000156. The van der Waals surface area contributed by atoms with Gasteiger partial charge < -0.3 is 12.4 Å². The Kier molecular flexibility index (Phi) is 4.31. The van der Waals surface area contributed by atoms with Crippen LogP contribution < -0.4 is 17.0 Å². The molecule has 0 aliphatic rings. The van der Waals surface area contributed by atoms with Crippen LogP contribution >= 0.6 is 0 Å². The Morgan fingerprint density at radius 3 is 2.26 bits per heavy atom. The molecule has 4 rings (SSSR count). The van der Waals surface area contributed by atoms with Crippen LogP contribution in [0.5, 0.6) is 0 Å². The predicted octanol–water partition coefficient (Wildman–Crippen LogP) is 0.578. The van der Waals surface area contributed by atoms with Gasteiger partial charge in [-0.1, -0.05) is 6.07 Å². The fraction of sp³-hybridized carbons (Fsp3) is 0. The molecule has 0 amide bonds. The van der Waals surface area contributed by atoms with E-state index in [9.17, 15) is 0 Å². The average molecular weight is 320 g/mol. The summed E-state index contributed by atoms with van der Waals surface area (Å²) < 4.78 is 2.11. The number of rotatable bonds is 2. The summed E-state index contributed by atoms with van der Waals surface area (Å²) in [6.45, 7) is 0. The predicted molar refractivity (Wildman–Crippen MR) is 86.5 cm³/mol. The van der Waals surface area contributed by atoms with E-state index in [0.717, 1.165) is 16.6 Å². The van der Waals surface area contributed by atoms with Crippen molar-refractivity contribution in [1.29, 1.82) is 0 Å². The van der Waals surface area contributed by atoms with Crippen LogP contribution in [0.1, 0.15) is 0 Å². The van der Waals surface area contributed by atoms with Gasteiger partial charge >= 0.3 is 0 Å². The van der Waals surface area contributed by atoms with E-state index >= 15 is 0 Å². The zero-order chi connectivity index (χ0) is 14.8. The molecule has 112 valence electrons. The van der Waals surface area contributed by atoms with Crippen LogP contribution in [0.3, 0.4) is 0 Å². The van der Waals surface area contributed by atoms with Crippen LogP contribution in [0, 0.1) is 0 Å². The van der Waals surface area contributed by atoms with Crippen LogP contribution in [0.15, 0.2) is 85.6 Å². The average Bonchev–Trinajstić information content (AvgIpc) is 2.62.